The SMILES string of the molecule is CCOC(=O)C(CC)N1CCC(CNC)C1.Cl. The number of likely N-dealkylation sites (tertiary alicyclic amines) is 1. The highest BCUT2D eigenvalue weighted by Crippen LogP contribution is 2.20. The van der Waals surface area contributed by atoms with Gasteiger partial charge in [-0.2, -0.15) is 0 Å². The number of hydrogen-bond donors (Lipinski definition) is 1. The highest BCUT2D eigenvalue weighted by molar-refractivity contribution is 5.85. The summed E-state index contributed by atoms with van der Waals surface area (Å²) in [6.07, 6.45) is 2.02. The third-order valence-corrected chi connectivity index (χ3v) is 3.20. The minimum absolute atomic E-state index is 0. The molecule has 0 aromatic heterocycles. The van der Waals surface area contributed by atoms with Crippen molar-refractivity contribution in [3.63, 3.8) is 0 Å². The highest BCUT2D eigenvalue weighted by atomic mass is 35.5. The van der Waals surface area contributed by atoms with Crippen LogP contribution in [0.5, 0.6) is 0 Å². The topological polar surface area (TPSA) is 41.6 Å². The first-order valence-corrected chi connectivity index (χ1v) is 6.28. The average molecular weight is 265 g/mol. The van der Waals surface area contributed by atoms with Crippen LogP contribution >= 0.6 is 12.4 Å². The number of ether oxygens (including phenoxy) is 1. The fourth-order valence-corrected chi connectivity index (χ4v) is 2.41. The Kier molecular flexibility index (Phi) is 8.56. The largest absolute Gasteiger partial charge is 0.465 e. The second-order valence-corrected chi connectivity index (χ2v) is 4.38. The Labute approximate surface area is 110 Å². The number of esters is 1. The summed E-state index contributed by atoms with van der Waals surface area (Å²) in [6.45, 7) is 7.45. The van der Waals surface area contributed by atoms with Crippen molar-refractivity contribution in [1.82, 2.24) is 10.2 Å². The Bertz CT molecular complexity index is 227. The third kappa shape index (κ3) is 4.82. The van der Waals surface area contributed by atoms with E-state index in [2.05, 4.69) is 10.2 Å². The Morgan fingerprint density at radius 2 is 2.24 bits per heavy atom. The molecule has 0 bridgehead atoms. The number of nitrogens with zero attached hydrogens (tertiary/aromatic N) is 1. The summed E-state index contributed by atoms with van der Waals surface area (Å²) in [7, 11) is 1.98. The van der Waals surface area contributed by atoms with Gasteiger partial charge in [0.05, 0.1) is 6.61 Å². The molecule has 0 aromatic rings. The minimum Gasteiger partial charge on any atom is -0.465 e. The summed E-state index contributed by atoms with van der Waals surface area (Å²) >= 11 is 0. The van der Waals surface area contributed by atoms with Gasteiger partial charge in [-0.15, -0.1) is 12.4 Å². The second-order valence-electron chi connectivity index (χ2n) is 4.38. The lowest BCUT2D eigenvalue weighted by molar-refractivity contribution is -0.149. The van der Waals surface area contributed by atoms with E-state index >= 15 is 0 Å². The van der Waals surface area contributed by atoms with Crippen LogP contribution in [0.3, 0.4) is 0 Å². The number of carbonyl (C=O) groups is 1. The molecular formula is C12H25ClN2O2. The molecule has 2 unspecified atom stereocenters. The maximum atomic E-state index is 11.7. The van der Waals surface area contributed by atoms with E-state index in [1.165, 1.54) is 6.42 Å². The van der Waals surface area contributed by atoms with Crippen LogP contribution in [-0.4, -0.2) is 50.2 Å². The third-order valence-electron chi connectivity index (χ3n) is 3.20. The van der Waals surface area contributed by atoms with Crippen molar-refractivity contribution >= 4 is 18.4 Å². The predicted molar refractivity (Wildman–Crippen MR) is 71.6 cm³/mol. The lowest BCUT2D eigenvalue weighted by Crippen LogP contribution is -2.40. The summed E-state index contributed by atoms with van der Waals surface area (Å²) in [4.78, 5) is 14.0. The van der Waals surface area contributed by atoms with Crippen LogP contribution in [0.15, 0.2) is 0 Å². The van der Waals surface area contributed by atoms with Crippen molar-refractivity contribution in [3.8, 4) is 0 Å². The fourth-order valence-electron chi connectivity index (χ4n) is 2.41. The molecule has 102 valence electrons. The van der Waals surface area contributed by atoms with E-state index in [9.17, 15) is 4.79 Å². The molecule has 1 rings (SSSR count). The average Bonchev–Trinajstić information content (AvgIpc) is 2.68. The van der Waals surface area contributed by atoms with E-state index in [-0.39, 0.29) is 24.4 Å². The van der Waals surface area contributed by atoms with Gasteiger partial charge in [0.2, 0.25) is 0 Å². The van der Waals surface area contributed by atoms with E-state index in [0.717, 1.165) is 26.1 Å². The van der Waals surface area contributed by atoms with Crippen molar-refractivity contribution in [2.75, 3.05) is 33.3 Å². The van der Waals surface area contributed by atoms with Gasteiger partial charge in [-0.25, -0.2) is 0 Å². The molecule has 0 radical (unpaired) electrons. The molecule has 1 aliphatic rings. The molecule has 5 heteroatoms. The molecular weight excluding hydrogens is 240 g/mol. The van der Waals surface area contributed by atoms with E-state index < -0.39 is 0 Å². The van der Waals surface area contributed by atoms with Crippen molar-refractivity contribution in [3.05, 3.63) is 0 Å². The van der Waals surface area contributed by atoms with Crippen LogP contribution in [0.25, 0.3) is 0 Å². The van der Waals surface area contributed by atoms with Gasteiger partial charge in [-0.3, -0.25) is 9.69 Å². The Morgan fingerprint density at radius 1 is 1.53 bits per heavy atom. The molecule has 0 spiro atoms. The van der Waals surface area contributed by atoms with Gasteiger partial charge in [-0.1, -0.05) is 6.92 Å². The van der Waals surface area contributed by atoms with E-state index in [4.69, 9.17) is 4.74 Å². The quantitative estimate of drug-likeness (QED) is 0.734. The molecule has 17 heavy (non-hydrogen) atoms. The fraction of sp³-hybridized carbons (Fsp3) is 0.917. The van der Waals surface area contributed by atoms with E-state index in [1.54, 1.807) is 0 Å². The van der Waals surface area contributed by atoms with Crippen LogP contribution in [0.2, 0.25) is 0 Å². The maximum Gasteiger partial charge on any atom is 0.323 e. The Hall–Kier alpha value is -0.320. The standard InChI is InChI=1S/C12H24N2O2.ClH/c1-4-11(12(15)16-5-2)14-7-6-10(9-14)8-13-3;/h10-11,13H,4-9H2,1-3H3;1H. The van der Waals surface area contributed by atoms with Gasteiger partial charge in [0.25, 0.3) is 0 Å². The van der Waals surface area contributed by atoms with Gasteiger partial charge >= 0.3 is 5.97 Å². The van der Waals surface area contributed by atoms with Crippen LogP contribution in [0, 0.1) is 5.92 Å². The van der Waals surface area contributed by atoms with Crippen molar-refractivity contribution < 1.29 is 9.53 Å². The molecule has 1 heterocycles. The molecule has 2 atom stereocenters. The number of halogens is 1. The van der Waals surface area contributed by atoms with Crippen LogP contribution in [0.4, 0.5) is 0 Å². The van der Waals surface area contributed by atoms with Crippen molar-refractivity contribution in [2.45, 2.75) is 32.7 Å². The van der Waals surface area contributed by atoms with Gasteiger partial charge in [0, 0.05) is 6.54 Å². The first-order chi connectivity index (χ1) is 7.72. The van der Waals surface area contributed by atoms with E-state index in [1.807, 2.05) is 20.9 Å². The molecule has 1 saturated heterocycles. The molecule has 1 aliphatic heterocycles. The predicted octanol–water partition coefficient (Wildman–Crippen LogP) is 1.29. The van der Waals surface area contributed by atoms with Crippen LogP contribution in [-0.2, 0) is 9.53 Å². The first-order valence-electron chi connectivity index (χ1n) is 6.28. The van der Waals surface area contributed by atoms with Crippen molar-refractivity contribution in [2.24, 2.45) is 5.92 Å². The lowest BCUT2D eigenvalue weighted by atomic mass is 10.1. The summed E-state index contributed by atoms with van der Waals surface area (Å²) < 4.78 is 5.11. The molecule has 1 fully saturated rings. The van der Waals surface area contributed by atoms with Gasteiger partial charge in [-0.05, 0) is 45.8 Å². The zero-order valence-corrected chi connectivity index (χ0v) is 11.9. The molecule has 1 N–H and O–H groups in total. The Morgan fingerprint density at radius 3 is 2.76 bits per heavy atom. The zero-order valence-electron chi connectivity index (χ0n) is 11.1. The lowest BCUT2D eigenvalue weighted by Gasteiger charge is -2.24. The summed E-state index contributed by atoms with van der Waals surface area (Å²) in [5.41, 5.74) is 0. The summed E-state index contributed by atoms with van der Waals surface area (Å²) in [6, 6.07) is -0.0400. The minimum atomic E-state index is -0.0601. The summed E-state index contributed by atoms with van der Waals surface area (Å²) in [5, 5.41) is 3.20. The monoisotopic (exact) mass is 264 g/mol. The van der Waals surface area contributed by atoms with Crippen LogP contribution in [0.1, 0.15) is 26.7 Å². The number of carbonyl (C=O) groups excluding carboxylic acids is 1. The zero-order chi connectivity index (χ0) is 12.0. The molecule has 4 nitrogen and oxygen atoms in total. The molecule has 0 aliphatic carbocycles. The smallest absolute Gasteiger partial charge is 0.323 e. The number of rotatable bonds is 6. The Balaban J connectivity index is 0.00000256. The number of hydrogen-bond acceptors (Lipinski definition) is 4. The molecule has 0 aromatic carbocycles. The van der Waals surface area contributed by atoms with Gasteiger partial charge in [0.1, 0.15) is 6.04 Å². The van der Waals surface area contributed by atoms with Gasteiger partial charge < -0.3 is 10.1 Å². The van der Waals surface area contributed by atoms with Gasteiger partial charge in [0.15, 0.2) is 0 Å². The summed E-state index contributed by atoms with van der Waals surface area (Å²) in [5.74, 6) is 0.614. The second kappa shape index (κ2) is 8.72. The number of nitrogens with one attached hydrogen (secondary N) is 1. The molecule has 0 saturated carbocycles. The first kappa shape index (κ1) is 16.7. The molecule has 0 amide bonds. The highest BCUT2D eigenvalue weighted by Gasteiger charge is 2.31. The van der Waals surface area contributed by atoms with Crippen molar-refractivity contribution in [1.29, 1.82) is 0 Å². The maximum absolute atomic E-state index is 11.7. The van der Waals surface area contributed by atoms with E-state index in [0.29, 0.717) is 12.5 Å². The van der Waals surface area contributed by atoms with Crippen LogP contribution < -0.4 is 5.32 Å². The normalized spacial score (nSPS) is 21.9.